The maximum Gasteiger partial charge on any atom is 0.294 e. The van der Waals surface area contributed by atoms with Crippen LogP contribution in [-0.2, 0) is 26.7 Å². The fraction of sp³-hybridized carbons (Fsp3) is 0.375. The summed E-state index contributed by atoms with van der Waals surface area (Å²) < 4.78 is 65.1. The maximum atomic E-state index is 11.7. The molecule has 0 atom stereocenters. The van der Waals surface area contributed by atoms with Crippen molar-refractivity contribution in [1.82, 2.24) is 0 Å². The van der Waals surface area contributed by atoms with Gasteiger partial charge in [0.15, 0.2) is 0 Å². The molecule has 2 rings (SSSR count). The van der Waals surface area contributed by atoms with Crippen LogP contribution in [0.2, 0.25) is 0 Å². The first kappa shape index (κ1) is 18.9. The number of fused-ring (bicyclic) bond motifs is 1. The minimum atomic E-state index is -4.44. The van der Waals surface area contributed by atoms with E-state index in [1.807, 2.05) is 6.92 Å². The van der Waals surface area contributed by atoms with Gasteiger partial charge in [0.05, 0.1) is 9.79 Å². The normalized spacial score (nSPS) is 12.7. The Balaban J connectivity index is 2.95. The lowest BCUT2D eigenvalue weighted by Gasteiger charge is -2.15. The van der Waals surface area contributed by atoms with Crippen LogP contribution in [0.4, 0.5) is 0 Å². The van der Waals surface area contributed by atoms with Crippen LogP contribution >= 0.6 is 0 Å². The smallest absolute Gasteiger partial charge is 0.282 e. The quantitative estimate of drug-likeness (QED) is 0.780. The van der Waals surface area contributed by atoms with Crippen LogP contribution in [0.25, 0.3) is 10.8 Å². The number of aryl methyl sites for hydroxylation is 2. The van der Waals surface area contributed by atoms with E-state index in [9.17, 15) is 25.9 Å². The van der Waals surface area contributed by atoms with Gasteiger partial charge in [0.1, 0.15) is 0 Å². The van der Waals surface area contributed by atoms with Crippen molar-refractivity contribution in [2.24, 2.45) is 0 Å². The zero-order valence-electron chi connectivity index (χ0n) is 13.7. The van der Waals surface area contributed by atoms with Crippen molar-refractivity contribution in [2.75, 3.05) is 0 Å². The maximum absolute atomic E-state index is 11.7. The van der Waals surface area contributed by atoms with Gasteiger partial charge in [0.25, 0.3) is 20.2 Å². The summed E-state index contributed by atoms with van der Waals surface area (Å²) in [5, 5.41) is 1.07. The van der Waals surface area contributed by atoms with E-state index in [4.69, 9.17) is 0 Å². The van der Waals surface area contributed by atoms with Gasteiger partial charge in [0.2, 0.25) is 0 Å². The van der Waals surface area contributed by atoms with Crippen LogP contribution in [0.1, 0.15) is 36.5 Å². The molecule has 0 saturated heterocycles. The second-order valence-electron chi connectivity index (χ2n) is 5.87. The van der Waals surface area contributed by atoms with Crippen LogP contribution in [0.5, 0.6) is 0 Å². The minimum absolute atomic E-state index is 0.244. The molecule has 2 aromatic carbocycles. The minimum Gasteiger partial charge on any atom is -0.282 e. The molecule has 0 amide bonds. The molecule has 0 bridgehead atoms. The highest BCUT2D eigenvalue weighted by atomic mass is 32.2. The highest BCUT2D eigenvalue weighted by Crippen LogP contribution is 2.32. The van der Waals surface area contributed by atoms with E-state index >= 15 is 0 Å². The molecule has 0 heterocycles. The van der Waals surface area contributed by atoms with E-state index in [2.05, 4.69) is 0 Å². The molecule has 0 saturated carbocycles. The number of hydrogen-bond acceptors (Lipinski definition) is 4. The third-order valence-electron chi connectivity index (χ3n) is 4.12. The molecule has 0 radical (unpaired) electrons. The molecular weight excluding hydrogens is 352 g/mol. The van der Waals surface area contributed by atoms with Crippen molar-refractivity contribution in [3.05, 3.63) is 34.9 Å². The summed E-state index contributed by atoms with van der Waals surface area (Å²) in [7, 11) is -8.87. The Labute approximate surface area is 142 Å². The summed E-state index contributed by atoms with van der Waals surface area (Å²) in [6.07, 6.45) is 2.33. The Kier molecular flexibility index (Phi) is 5.06. The topological polar surface area (TPSA) is 109 Å². The molecule has 0 spiro atoms. The molecule has 0 aliphatic rings. The largest absolute Gasteiger partial charge is 0.294 e. The van der Waals surface area contributed by atoms with E-state index in [1.165, 1.54) is 12.1 Å². The Morgan fingerprint density at radius 3 is 1.96 bits per heavy atom. The lowest BCUT2D eigenvalue weighted by Crippen LogP contribution is -2.06. The monoisotopic (exact) mass is 372 g/mol. The third-order valence-corrected chi connectivity index (χ3v) is 6.09. The fourth-order valence-electron chi connectivity index (χ4n) is 2.91. The first-order chi connectivity index (χ1) is 11.0. The molecule has 0 aliphatic carbocycles. The van der Waals surface area contributed by atoms with Crippen LogP contribution in [0.3, 0.4) is 0 Å². The number of unbranched alkanes of at least 4 members (excludes halogenated alkanes) is 1. The van der Waals surface area contributed by atoms with Crippen molar-refractivity contribution in [2.45, 2.75) is 49.8 Å². The highest BCUT2D eigenvalue weighted by Gasteiger charge is 2.21. The molecule has 2 N–H and O–H groups in total. The Hall–Kier alpha value is -1.48. The Bertz CT molecular complexity index is 1000. The standard InChI is InChI=1S/C16H20O6S2/c1-4-5-6-13-11(3)16(24(20,21)22)9-12-8-15(23(17,18)19)10(2)7-14(12)13/h7-9H,4-6H2,1-3H3,(H,17,18,19)(H,20,21,22). The zero-order valence-corrected chi connectivity index (χ0v) is 15.3. The van der Waals surface area contributed by atoms with Gasteiger partial charge in [0, 0.05) is 0 Å². The van der Waals surface area contributed by atoms with Gasteiger partial charge in [-0.15, -0.1) is 0 Å². The predicted octanol–water partition coefficient (Wildman–Crippen LogP) is 3.29. The number of benzene rings is 2. The lowest BCUT2D eigenvalue weighted by molar-refractivity contribution is 0.480. The highest BCUT2D eigenvalue weighted by molar-refractivity contribution is 7.86. The molecular formula is C16H20O6S2. The first-order valence-corrected chi connectivity index (χ1v) is 10.4. The number of hydrogen-bond donors (Lipinski definition) is 2. The third kappa shape index (κ3) is 3.61. The summed E-state index contributed by atoms with van der Waals surface area (Å²) in [5.74, 6) is 0. The first-order valence-electron chi connectivity index (χ1n) is 7.48. The Morgan fingerprint density at radius 1 is 0.917 bits per heavy atom. The summed E-state index contributed by atoms with van der Waals surface area (Å²) in [6, 6.07) is 4.11. The zero-order chi connectivity index (χ0) is 18.3. The van der Waals surface area contributed by atoms with Gasteiger partial charge in [-0.05, 0) is 72.4 Å². The Morgan fingerprint density at radius 2 is 1.46 bits per heavy atom. The molecule has 0 aromatic heterocycles. The molecule has 0 aliphatic heterocycles. The SMILES string of the molecule is CCCCc1c(C)c(S(=O)(=O)O)cc2cc(S(=O)(=O)O)c(C)cc12. The molecule has 24 heavy (non-hydrogen) atoms. The van der Waals surface area contributed by atoms with Crippen LogP contribution < -0.4 is 0 Å². The summed E-state index contributed by atoms with van der Waals surface area (Å²) in [5.41, 5.74) is 1.59. The molecule has 8 heteroatoms. The van der Waals surface area contributed by atoms with Gasteiger partial charge in [-0.1, -0.05) is 13.3 Å². The van der Waals surface area contributed by atoms with Gasteiger partial charge < -0.3 is 0 Å². The second-order valence-corrected chi connectivity index (χ2v) is 8.65. The molecule has 2 aromatic rings. The van der Waals surface area contributed by atoms with E-state index in [0.717, 1.165) is 23.8 Å². The summed E-state index contributed by atoms with van der Waals surface area (Å²) in [6.45, 7) is 5.20. The number of rotatable bonds is 5. The predicted molar refractivity (Wildman–Crippen MR) is 91.7 cm³/mol. The summed E-state index contributed by atoms with van der Waals surface area (Å²) >= 11 is 0. The van der Waals surface area contributed by atoms with Gasteiger partial charge in [-0.25, -0.2) is 0 Å². The van der Waals surface area contributed by atoms with Crippen molar-refractivity contribution < 1.29 is 25.9 Å². The average molecular weight is 372 g/mol. The lowest BCUT2D eigenvalue weighted by atomic mass is 9.94. The van der Waals surface area contributed by atoms with Crippen LogP contribution in [0, 0.1) is 13.8 Å². The van der Waals surface area contributed by atoms with Crippen LogP contribution in [-0.4, -0.2) is 25.9 Å². The average Bonchev–Trinajstić information content (AvgIpc) is 2.43. The molecule has 0 unspecified atom stereocenters. The van der Waals surface area contributed by atoms with Crippen molar-refractivity contribution in [3.63, 3.8) is 0 Å². The molecule has 6 nitrogen and oxygen atoms in total. The van der Waals surface area contributed by atoms with Crippen molar-refractivity contribution >= 4 is 31.0 Å². The van der Waals surface area contributed by atoms with Crippen molar-refractivity contribution in [1.29, 1.82) is 0 Å². The van der Waals surface area contributed by atoms with Gasteiger partial charge in [-0.3, -0.25) is 9.11 Å². The van der Waals surface area contributed by atoms with Crippen LogP contribution in [0.15, 0.2) is 28.0 Å². The van der Waals surface area contributed by atoms with Crippen molar-refractivity contribution in [3.8, 4) is 0 Å². The van der Waals surface area contributed by atoms with E-state index in [1.54, 1.807) is 19.9 Å². The second kappa shape index (κ2) is 6.44. The van der Waals surface area contributed by atoms with E-state index < -0.39 is 20.2 Å². The van der Waals surface area contributed by atoms with E-state index in [0.29, 0.717) is 22.9 Å². The molecule has 132 valence electrons. The fourth-order valence-corrected chi connectivity index (χ4v) is 4.43. The van der Waals surface area contributed by atoms with E-state index in [-0.39, 0.29) is 9.79 Å². The van der Waals surface area contributed by atoms with Gasteiger partial charge in [-0.2, -0.15) is 16.8 Å². The van der Waals surface area contributed by atoms with Gasteiger partial charge >= 0.3 is 0 Å². The molecule has 0 fully saturated rings. The summed E-state index contributed by atoms with van der Waals surface area (Å²) in [4.78, 5) is -0.521.